The van der Waals surface area contributed by atoms with Crippen LogP contribution in [-0.2, 0) is 4.79 Å². The molecule has 0 spiro atoms. The van der Waals surface area contributed by atoms with E-state index in [1.807, 2.05) is 20.8 Å². The maximum Gasteiger partial charge on any atom is 0.315 e. The number of carbonyl (C=O) groups excluding carboxylic acids is 2. The number of nitrogens with two attached hydrogens (primary N) is 1. The highest BCUT2D eigenvalue weighted by atomic mass is 16.2. The van der Waals surface area contributed by atoms with E-state index in [9.17, 15) is 9.59 Å². The molecule has 1 fully saturated rings. The van der Waals surface area contributed by atoms with Crippen LogP contribution < -0.4 is 11.1 Å². The zero-order valence-corrected chi connectivity index (χ0v) is 10.2. The van der Waals surface area contributed by atoms with E-state index in [0.29, 0.717) is 19.5 Å². The molecule has 0 aromatic carbocycles. The molecule has 1 rings (SSSR count). The van der Waals surface area contributed by atoms with Crippen molar-refractivity contribution in [1.29, 1.82) is 0 Å². The highest BCUT2D eigenvalue weighted by Gasteiger charge is 2.51. The Balaban J connectivity index is 3.12. The van der Waals surface area contributed by atoms with Crippen molar-refractivity contribution in [2.75, 3.05) is 13.1 Å². The Morgan fingerprint density at radius 1 is 1.62 bits per heavy atom. The summed E-state index contributed by atoms with van der Waals surface area (Å²) in [5, 5.41) is 2.81. The number of amides is 3. The summed E-state index contributed by atoms with van der Waals surface area (Å²) < 4.78 is 0. The lowest BCUT2D eigenvalue weighted by Crippen LogP contribution is -2.61. The van der Waals surface area contributed by atoms with Crippen LogP contribution in [0.4, 0.5) is 4.79 Å². The molecule has 5 nitrogen and oxygen atoms in total. The summed E-state index contributed by atoms with van der Waals surface area (Å²) in [5.74, 6) is 0.0463. The lowest BCUT2D eigenvalue weighted by atomic mass is 9.80. The van der Waals surface area contributed by atoms with Gasteiger partial charge in [0.25, 0.3) is 0 Å². The second-order valence-electron chi connectivity index (χ2n) is 4.32. The Labute approximate surface area is 96.4 Å². The Morgan fingerprint density at radius 2 is 2.25 bits per heavy atom. The largest absolute Gasteiger partial charge is 0.354 e. The van der Waals surface area contributed by atoms with Crippen LogP contribution in [0.5, 0.6) is 0 Å². The number of urea groups is 1. The average Bonchev–Trinajstić information content (AvgIpc) is 2.61. The molecule has 0 aromatic rings. The molecule has 2 atom stereocenters. The van der Waals surface area contributed by atoms with E-state index in [1.165, 1.54) is 4.90 Å². The van der Waals surface area contributed by atoms with E-state index in [2.05, 4.69) is 5.32 Å². The monoisotopic (exact) mass is 227 g/mol. The van der Waals surface area contributed by atoms with Crippen LogP contribution in [0.15, 0.2) is 0 Å². The lowest BCUT2D eigenvalue weighted by Gasteiger charge is -2.41. The molecule has 0 saturated carbocycles. The lowest BCUT2D eigenvalue weighted by molar-refractivity contribution is -0.131. The van der Waals surface area contributed by atoms with Crippen LogP contribution in [0.25, 0.3) is 0 Å². The first-order valence-corrected chi connectivity index (χ1v) is 5.86. The highest BCUT2D eigenvalue weighted by molar-refractivity contribution is 5.92. The number of nitrogens with one attached hydrogen (secondary N) is 1. The van der Waals surface area contributed by atoms with Crippen LogP contribution in [0, 0.1) is 5.92 Å². The second-order valence-corrected chi connectivity index (χ2v) is 4.32. The predicted molar refractivity (Wildman–Crippen MR) is 61.8 cm³/mol. The molecule has 2 unspecified atom stereocenters. The zero-order chi connectivity index (χ0) is 12.3. The average molecular weight is 227 g/mol. The van der Waals surface area contributed by atoms with E-state index in [-0.39, 0.29) is 11.8 Å². The summed E-state index contributed by atoms with van der Waals surface area (Å²) >= 11 is 0. The molecule has 3 amide bonds. The molecule has 1 aliphatic rings. The number of rotatable bonds is 4. The van der Waals surface area contributed by atoms with Crippen molar-refractivity contribution in [2.45, 2.75) is 39.2 Å². The molecule has 0 aliphatic carbocycles. The van der Waals surface area contributed by atoms with Crippen molar-refractivity contribution < 1.29 is 9.59 Å². The topological polar surface area (TPSA) is 75.4 Å². The van der Waals surface area contributed by atoms with Gasteiger partial charge in [0.15, 0.2) is 0 Å². The molecule has 16 heavy (non-hydrogen) atoms. The maximum absolute atomic E-state index is 12.0. The van der Waals surface area contributed by atoms with Gasteiger partial charge in [0.1, 0.15) is 5.54 Å². The summed E-state index contributed by atoms with van der Waals surface area (Å²) in [5.41, 5.74) is 4.63. The fraction of sp³-hybridized carbons (Fsp3) is 0.818. The SMILES string of the molecule is CCC(C)C1(N(CC)C(N)=O)CCNC1=O. The molecule has 0 bridgehead atoms. The third-order valence-electron chi connectivity index (χ3n) is 3.68. The van der Waals surface area contributed by atoms with Crippen molar-refractivity contribution >= 4 is 11.9 Å². The Hall–Kier alpha value is -1.26. The van der Waals surface area contributed by atoms with Gasteiger partial charge in [-0.2, -0.15) is 0 Å². The van der Waals surface area contributed by atoms with Gasteiger partial charge in [-0.3, -0.25) is 4.79 Å². The first kappa shape index (κ1) is 12.8. The maximum atomic E-state index is 12.0. The predicted octanol–water partition coefficient (Wildman–Crippen LogP) is 0.692. The number of nitrogens with zero attached hydrogens (tertiary/aromatic N) is 1. The third-order valence-corrected chi connectivity index (χ3v) is 3.68. The molecule has 5 heteroatoms. The molecule has 1 aliphatic heterocycles. The Kier molecular flexibility index (Phi) is 3.78. The quantitative estimate of drug-likeness (QED) is 0.741. The third kappa shape index (κ3) is 1.74. The minimum Gasteiger partial charge on any atom is -0.354 e. The van der Waals surface area contributed by atoms with E-state index < -0.39 is 11.6 Å². The second kappa shape index (κ2) is 4.72. The standard InChI is InChI=1S/C11H21N3O2/c1-4-8(3)11(6-7-13-9(11)15)14(5-2)10(12)16/h8H,4-7H2,1-3H3,(H2,12,16)(H,13,15). The molecule has 1 heterocycles. The molecule has 92 valence electrons. The van der Waals surface area contributed by atoms with Gasteiger partial charge >= 0.3 is 6.03 Å². The van der Waals surface area contributed by atoms with Gasteiger partial charge in [-0.1, -0.05) is 20.3 Å². The number of carbonyl (C=O) groups is 2. The smallest absolute Gasteiger partial charge is 0.315 e. The minimum atomic E-state index is -0.741. The minimum absolute atomic E-state index is 0.0671. The van der Waals surface area contributed by atoms with E-state index >= 15 is 0 Å². The summed E-state index contributed by atoms with van der Waals surface area (Å²) in [7, 11) is 0. The van der Waals surface area contributed by atoms with Gasteiger partial charge in [0.2, 0.25) is 5.91 Å². The molecule has 0 radical (unpaired) electrons. The van der Waals surface area contributed by atoms with E-state index in [1.54, 1.807) is 0 Å². The fourth-order valence-electron chi connectivity index (χ4n) is 2.60. The summed E-state index contributed by atoms with van der Waals surface area (Å²) in [4.78, 5) is 25.0. The van der Waals surface area contributed by atoms with Crippen LogP contribution in [0.2, 0.25) is 0 Å². The number of primary amides is 1. The number of likely N-dealkylation sites (N-methyl/N-ethyl adjacent to an activating group) is 1. The first-order chi connectivity index (χ1) is 7.50. The first-order valence-electron chi connectivity index (χ1n) is 5.86. The summed E-state index contributed by atoms with van der Waals surface area (Å²) in [6.45, 7) is 6.95. The van der Waals surface area contributed by atoms with Gasteiger partial charge < -0.3 is 16.0 Å². The van der Waals surface area contributed by atoms with Crippen molar-refractivity contribution in [3.63, 3.8) is 0 Å². The van der Waals surface area contributed by atoms with Crippen molar-refractivity contribution in [2.24, 2.45) is 11.7 Å². The zero-order valence-electron chi connectivity index (χ0n) is 10.2. The van der Waals surface area contributed by atoms with E-state index in [4.69, 9.17) is 5.73 Å². The number of hydrogen-bond acceptors (Lipinski definition) is 2. The van der Waals surface area contributed by atoms with E-state index in [0.717, 1.165) is 6.42 Å². The van der Waals surface area contributed by atoms with Gasteiger partial charge in [-0.15, -0.1) is 0 Å². The molecular weight excluding hydrogens is 206 g/mol. The molecule has 1 saturated heterocycles. The summed E-state index contributed by atoms with van der Waals surface area (Å²) in [6.07, 6.45) is 1.49. The van der Waals surface area contributed by atoms with Crippen molar-refractivity contribution in [3.8, 4) is 0 Å². The molecule has 3 N–H and O–H groups in total. The van der Waals surface area contributed by atoms with Crippen LogP contribution in [0.3, 0.4) is 0 Å². The molecule has 0 aromatic heterocycles. The summed E-state index contributed by atoms with van der Waals surface area (Å²) in [6, 6.07) is -0.514. The Morgan fingerprint density at radius 3 is 2.56 bits per heavy atom. The van der Waals surface area contributed by atoms with Gasteiger partial charge in [-0.05, 0) is 19.3 Å². The van der Waals surface area contributed by atoms with Crippen LogP contribution in [0.1, 0.15) is 33.6 Å². The van der Waals surface area contributed by atoms with Gasteiger partial charge in [0.05, 0.1) is 0 Å². The van der Waals surface area contributed by atoms with Gasteiger partial charge in [0, 0.05) is 13.1 Å². The Bertz CT molecular complexity index is 293. The van der Waals surface area contributed by atoms with Crippen molar-refractivity contribution in [3.05, 3.63) is 0 Å². The normalized spacial score (nSPS) is 26.3. The highest BCUT2D eigenvalue weighted by Crippen LogP contribution is 2.34. The van der Waals surface area contributed by atoms with Crippen LogP contribution in [-0.4, -0.2) is 35.5 Å². The number of hydrogen-bond donors (Lipinski definition) is 2. The van der Waals surface area contributed by atoms with Crippen LogP contribution >= 0.6 is 0 Å². The van der Waals surface area contributed by atoms with Gasteiger partial charge in [-0.25, -0.2) is 4.79 Å². The fourth-order valence-corrected chi connectivity index (χ4v) is 2.60. The molecular formula is C11H21N3O2. The van der Waals surface area contributed by atoms with Crippen molar-refractivity contribution in [1.82, 2.24) is 10.2 Å².